The summed E-state index contributed by atoms with van der Waals surface area (Å²) < 4.78 is 16.7. The van der Waals surface area contributed by atoms with E-state index in [0.29, 0.717) is 30.2 Å². The van der Waals surface area contributed by atoms with Crippen molar-refractivity contribution in [3.8, 4) is 11.5 Å². The fraction of sp³-hybridized carbons (Fsp3) is 0.583. The molecule has 0 bridgehead atoms. The number of carbonyl (C=O) groups is 2. The van der Waals surface area contributed by atoms with E-state index in [1.54, 1.807) is 6.92 Å². The van der Waals surface area contributed by atoms with E-state index >= 15 is 0 Å². The van der Waals surface area contributed by atoms with Gasteiger partial charge in [-0.2, -0.15) is 0 Å². The second-order valence-corrected chi connectivity index (χ2v) is 9.32. The number of rotatable bonds is 3. The van der Waals surface area contributed by atoms with E-state index in [1.807, 2.05) is 17.0 Å². The van der Waals surface area contributed by atoms with Gasteiger partial charge >= 0.3 is 5.97 Å². The minimum absolute atomic E-state index is 0.0133. The Bertz CT molecular complexity index is 924. The number of fused-ring (bicyclic) bond motifs is 1. The quantitative estimate of drug-likeness (QED) is 0.693. The number of benzene rings is 1. The van der Waals surface area contributed by atoms with Crippen LogP contribution in [0.2, 0.25) is 0 Å². The zero-order valence-electron chi connectivity index (χ0n) is 18.3. The minimum Gasteiger partial charge on any atom is -0.454 e. The Balaban J connectivity index is 1.24. The molecule has 31 heavy (non-hydrogen) atoms. The Morgan fingerprint density at radius 1 is 1.10 bits per heavy atom. The van der Waals surface area contributed by atoms with Gasteiger partial charge in [-0.25, -0.2) is 4.79 Å². The van der Waals surface area contributed by atoms with Gasteiger partial charge in [0.25, 0.3) is 5.91 Å². The number of hydrogen-bond donors (Lipinski definition) is 0. The van der Waals surface area contributed by atoms with Crippen LogP contribution in [0.1, 0.15) is 45.1 Å². The maximum Gasteiger partial charge on any atom is 0.335 e. The standard InChI is InChI=1S/C24H30N2O5/c1-16-5-7-24(8-6-16)21(17(2)23(28)31-24)22(27)26-11-9-25(10-12-26)14-18-3-4-19-20(13-18)30-15-29-19/h3-4,13,16H,5-12,14-15H2,1-2H3. The highest BCUT2D eigenvalue weighted by Crippen LogP contribution is 2.46. The molecule has 1 saturated carbocycles. The van der Waals surface area contributed by atoms with E-state index in [1.165, 1.54) is 5.56 Å². The highest BCUT2D eigenvalue weighted by Gasteiger charge is 2.51. The molecule has 0 radical (unpaired) electrons. The van der Waals surface area contributed by atoms with E-state index < -0.39 is 5.60 Å². The van der Waals surface area contributed by atoms with E-state index in [0.717, 1.165) is 56.8 Å². The Labute approximate surface area is 182 Å². The molecule has 0 N–H and O–H groups in total. The Morgan fingerprint density at radius 3 is 2.55 bits per heavy atom. The Kier molecular flexibility index (Phi) is 5.16. The second-order valence-electron chi connectivity index (χ2n) is 9.32. The molecule has 2 fully saturated rings. The van der Waals surface area contributed by atoms with Crippen molar-refractivity contribution >= 4 is 11.9 Å². The molecule has 1 aromatic carbocycles. The maximum atomic E-state index is 13.5. The number of piperazine rings is 1. The molecule has 7 heteroatoms. The van der Waals surface area contributed by atoms with Crippen molar-refractivity contribution in [1.29, 1.82) is 0 Å². The monoisotopic (exact) mass is 426 g/mol. The van der Waals surface area contributed by atoms with Crippen molar-refractivity contribution in [3.63, 3.8) is 0 Å². The number of hydrogen-bond acceptors (Lipinski definition) is 6. The molecule has 3 aliphatic heterocycles. The summed E-state index contributed by atoms with van der Waals surface area (Å²) >= 11 is 0. The first kappa shape index (κ1) is 20.4. The van der Waals surface area contributed by atoms with Crippen LogP contribution in [0, 0.1) is 5.92 Å². The summed E-state index contributed by atoms with van der Waals surface area (Å²) in [6.07, 6.45) is 3.48. The summed E-state index contributed by atoms with van der Waals surface area (Å²) in [7, 11) is 0. The van der Waals surface area contributed by atoms with Crippen LogP contribution in [-0.2, 0) is 20.9 Å². The lowest BCUT2D eigenvalue weighted by Crippen LogP contribution is -2.51. The average Bonchev–Trinajstić information content (AvgIpc) is 3.33. The lowest BCUT2D eigenvalue weighted by Gasteiger charge is -2.40. The normalized spacial score (nSPS) is 28.4. The molecule has 3 heterocycles. The fourth-order valence-electron chi connectivity index (χ4n) is 5.25. The van der Waals surface area contributed by atoms with Gasteiger partial charge in [0.05, 0.1) is 5.57 Å². The molecule has 1 aliphatic carbocycles. The smallest absolute Gasteiger partial charge is 0.335 e. The van der Waals surface area contributed by atoms with Gasteiger partial charge in [-0.05, 0) is 56.2 Å². The number of carbonyl (C=O) groups excluding carboxylic acids is 2. The van der Waals surface area contributed by atoms with Gasteiger partial charge in [0.1, 0.15) is 5.60 Å². The van der Waals surface area contributed by atoms with Crippen molar-refractivity contribution in [3.05, 3.63) is 34.9 Å². The highest BCUT2D eigenvalue weighted by molar-refractivity contribution is 6.07. The first-order valence-electron chi connectivity index (χ1n) is 11.3. The summed E-state index contributed by atoms with van der Waals surface area (Å²) in [4.78, 5) is 30.1. The minimum atomic E-state index is -0.700. The van der Waals surface area contributed by atoms with Crippen molar-refractivity contribution in [2.75, 3.05) is 33.0 Å². The first-order valence-corrected chi connectivity index (χ1v) is 11.3. The summed E-state index contributed by atoms with van der Waals surface area (Å²) in [6.45, 7) is 7.96. The van der Waals surface area contributed by atoms with Crippen LogP contribution in [0.4, 0.5) is 0 Å². The van der Waals surface area contributed by atoms with Crippen LogP contribution in [0.15, 0.2) is 29.3 Å². The third-order valence-corrected chi connectivity index (χ3v) is 7.22. The molecule has 1 spiro atoms. The Hall–Kier alpha value is -2.54. The SMILES string of the molecule is CC1=C(C(=O)N2CCN(Cc3ccc4c(c3)OCO4)CC2)C2(CCC(C)CC2)OC1=O. The molecule has 0 atom stereocenters. The van der Waals surface area contributed by atoms with Gasteiger partial charge in [-0.3, -0.25) is 9.69 Å². The van der Waals surface area contributed by atoms with Gasteiger partial charge in [-0.1, -0.05) is 13.0 Å². The number of ether oxygens (including phenoxy) is 3. The second kappa shape index (κ2) is 7.86. The van der Waals surface area contributed by atoms with Gasteiger partial charge in [0, 0.05) is 38.3 Å². The van der Waals surface area contributed by atoms with Crippen LogP contribution in [0.3, 0.4) is 0 Å². The zero-order valence-corrected chi connectivity index (χ0v) is 18.3. The molecule has 0 aromatic heterocycles. The predicted molar refractivity (Wildman–Crippen MR) is 114 cm³/mol. The van der Waals surface area contributed by atoms with E-state index in [2.05, 4.69) is 17.9 Å². The molecular formula is C24H30N2O5. The third kappa shape index (κ3) is 3.69. The molecule has 5 rings (SSSR count). The van der Waals surface area contributed by atoms with Gasteiger partial charge in [-0.15, -0.1) is 0 Å². The Morgan fingerprint density at radius 2 is 1.81 bits per heavy atom. The molecule has 7 nitrogen and oxygen atoms in total. The summed E-state index contributed by atoms with van der Waals surface area (Å²) in [5, 5.41) is 0. The lowest BCUT2D eigenvalue weighted by molar-refractivity contribution is -0.151. The predicted octanol–water partition coefficient (Wildman–Crippen LogP) is 2.88. The van der Waals surface area contributed by atoms with Crippen LogP contribution < -0.4 is 9.47 Å². The number of esters is 1. The van der Waals surface area contributed by atoms with E-state index in [9.17, 15) is 9.59 Å². The topological polar surface area (TPSA) is 68.3 Å². The largest absolute Gasteiger partial charge is 0.454 e. The van der Waals surface area contributed by atoms with Crippen molar-refractivity contribution in [2.45, 2.75) is 51.7 Å². The molecule has 166 valence electrons. The third-order valence-electron chi connectivity index (χ3n) is 7.22. The van der Waals surface area contributed by atoms with Gasteiger partial charge in [0.2, 0.25) is 6.79 Å². The van der Waals surface area contributed by atoms with Crippen LogP contribution in [0.25, 0.3) is 0 Å². The average molecular weight is 427 g/mol. The van der Waals surface area contributed by atoms with Crippen molar-refractivity contribution in [2.24, 2.45) is 5.92 Å². The van der Waals surface area contributed by atoms with Gasteiger partial charge < -0.3 is 19.1 Å². The molecule has 1 amide bonds. The molecule has 1 aromatic rings. The van der Waals surface area contributed by atoms with E-state index in [-0.39, 0.29) is 18.7 Å². The summed E-state index contributed by atoms with van der Waals surface area (Å²) in [5.41, 5.74) is 1.59. The summed E-state index contributed by atoms with van der Waals surface area (Å²) in [6, 6.07) is 6.05. The van der Waals surface area contributed by atoms with Crippen LogP contribution in [-0.4, -0.2) is 60.2 Å². The molecular weight excluding hydrogens is 396 g/mol. The maximum absolute atomic E-state index is 13.5. The zero-order chi connectivity index (χ0) is 21.6. The molecule has 1 saturated heterocycles. The van der Waals surface area contributed by atoms with Crippen LogP contribution >= 0.6 is 0 Å². The fourth-order valence-corrected chi connectivity index (χ4v) is 5.25. The number of nitrogens with zero attached hydrogens (tertiary/aromatic N) is 2. The molecule has 4 aliphatic rings. The van der Waals surface area contributed by atoms with E-state index in [4.69, 9.17) is 14.2 Å². The highest BCUT2D eigenvalue weighted by atomic mass is 16.7. The van der Waals surface area contributed by atoms with Crippen molar-refractivity contribution in [1.82, 2.24) is 9.80 Å². The lowest BCUT2D eigenvalue weighted by atomic mass is 9.74. The first-order chi connectivity index (χ1) is 14.9. The number of amides is 1. The van der Waals surface area contributed by atoms with Crippen molar-refractivity contribution < 1.29 is 23.8 Å². The summed E-state index contributed by atoms with van der Waals surface area (Å²) in [5.74, 6) is 1.87. The molecule has 0 unspecified atom stereocenters. The van der Waals surface area contributed by atoms with Crippen LogP contribution in [0.5, 0.6) is 11.5 Å². The van der Waals surface area contributed by atoms with Gasteiger partial charge in [0.15, 0.2) is 11.5 Å².